The molecule has 1 unspecified atom stereocenters. The Balaban J connectivity index is 1.75. The molecule has 26 heavy (non-hydrogen) atoms. The zero-order chi connectivity index (χ0) is 19.2. The fourth-order valence-electron chi connectivity index (χ4n) is 2.06. The van der Waals surface area contributed by atoms with E-state index in [-0.39, 0.29) is 12.1 Å². The molecule has 2 aromatic rings. The molecule has 142 valence electrons. The molecule has 0 aliphatic carbocycles. The van der Waals surface area contributed by atoms with Gasteiger partial charge in [-0.1, -0.05) is 35.3 Å². The zero-order valence-corrected chi connectivity index (χ0v) is 17.3. The summed E-state index contributed by atoms with van der Waals surface area (Å²) in [5.41, 5.74) is 0.744. The van der Waals surface area contributed by atoms with Crippen LogP contribution in [0.4, 0.5) is 0 Å². The van der Waals surface area contributed by atoms with Crippen LogP contribution in [-0.4, -0.2) is 45.9 Å². The van der Waals surface area contributed by atoms with E-state index in [0.717, 1.165) is 16.3 Å². The van der Waals surface area contributed by atoms with Crippen molar-refractivity contribution < 1.29 is 9.84 Å². The van der Waals surface area contributed by atoms with Gasteiger partial charge in [0.25, 0.3) is 0 Å². The first-order chi connectivity index (χ1) is 12.3. The van der Waals surface area contributed by atoms with Gasteiger partial charge < -0.3 is 15.2 Å². The van der Waals surface area contributed by atoms with E-state index in [9.17, 15) is 5.11 Å². The van der Waals surface area contributed by atoms with Crippen LogP contribution in [0.25, 0.3) is 0 Å². The third kappa shape index (κ3) is 6.93. The summed E-state index contributed by atoms with van der Waals surface area (Å²) in [7, 11) is 0. The van der Waals surface area contributed by atoms with E-state index in [1.54, 1.807) is 23.9 Å². The monoisotopic (exact) mass is 415 g/mol. The van der Waals surface area contributed by atoms with Crippen LogP contribution in [0.15, 0.2) is 35.4 Å². The molecule has 5 nitrogen and oxygen atoms in total. The highest BCUT2D eigenvalue weighted by Crippen LogP contribution is 2.27. The van der Waals surface area contributed by atoms with Gasteiger partial charge in [0.2, 0.25) is 0 Å². The maximum Gasteiger partial charge on any atom is 0.151 e. The summed E-state index contributed by atoms with van der Waals surface area (Å²) in [5.74, 6) is 1.35. The minimum Gasteiger partial charge on any atom is -0.489 e. The number of thioether (sulfide) groups is 1. The summed E-state index contributed by atoms with van der Waals surface area (Å²) in [6.45, 7) is 6.62. The van der Waals surface area contributed by atoms with E-state index < -0.39 is 6.10 Å². The molecule has 0 fully saturated rings. The van der Waals surface area contributed by atoms with Crippen molar-refractivity contribution >= 4 is 35.0 Å². The van der Waals surface area contributed by atoms with E-state index in [0.29, 0.717) is 22.5 Å². The van der Waals surface area contributed by atoms with Crippen molar-refractivity contribution in [2.45, 2.75) is 37.4 Å². The number of hydrogen-bond acceptors (Lipinski definition) is 6. The molecule has 2 rings (SSSR count). The number of ether oxygens (including phenoxy) is 1. The molecular formula is C18H23Cl2N3O2S. The maximum absolute atomic E-state index is 10.2. The third-order valence-corrected chi connectivity index (χ3v) is 5.66. The van der Waals surface area contributed by atoms with Crippen molar-refractivity contribution in [2.75, 3.05) is 18.9 Å². The standard InChI is InChI=1S/C18H23Cl2N3O2S/c1-12-5-4-6-14(17(12)20)25-10-13(24)9-21-18(2,3)11-26-16-8-7-15(19)22-23-16/h4-8,13,21,24H,9-11H2,1-3H3. The number of aryl methyl sites for hydroxylation is 1. The Morgan fingerprint density at radius 3 is 2.69 bits per heavy atom. The predicted octanol–water partition coefficient (Wildman–Crippen LogP) is 3.99. The van der Waals surface area contributed by atoms with Crippen molar-refractivity contribution in [1.82, 2.24) is 15.5 Å². The average Bonchev–Trinajstić information content (AvgIpc) is 2.61. The van der Waals surface area contributed by atoms with E-state index in [1.807, 2.05) is 25.1 Å². The Hall–Kier alpha value is -1.05. The fourth-order valence-corrected chi connectivity index (χ4v) is 3.21. The molecule has 0 amide bonds. The van der Waals surface area contributed by atoms with Crippen molar-refractivity contribution in [3.63, 3.8) is 0 Å². The van der Waals surface area contributed by atoms with Crippen molar-refractivity contribution in [3.05, 3.63) is 46.1 Å². The number of benzene rings is 1. The highest BCUT2D eigenvalue weighted by atomic mass is 35.5. The van der Waals surface area contributed by atoms with Crippen LogP contribution in [-0.2, 0) is 0 Å². The second-order valence-corrected chi connectivity index (χ2v) is 8.36. The van der Waals surface area contributed by atoms with Gasteiger partial charge in [-0.3, -0.25) is 0 Å². The lowest BCUT2D eigenvalue weighted by molar-refractivity contribution is 0.100. The summed E-state index contributed by atoms with van der Waals surface area (Å²) in [5, 5.41) is 23.1. The molecular weight excluding hydrogens is 393 g/mol. The van der Waals surface area contributed by atoms with Crippen LogP contribution in [0, 0.1) is 6.92 Å². The van der Waals surface area contributed by atoms with Crippen molar-refractivity contribution in [2.24, 2.45) is 0 Å². The lowest BCUT2D eigenvalue weighted by Crippen LogP contribution is -2.46. The van der Waals surface area contributed by atoms with Crippen LogP contribution < -0.4 is 10.1 Å². The lowest BCUT2D eigenvalue weighted by Gasteiger charge is -2.27. The molecule has 1 atom stereocenters. The minimum absolute atomic E-state index is 0.169. The summed E-state index contributed by atoms with van der Waals surface area (Å²) in [4.78, 5) is 0. The van der Waals surface area contributed by atoms with Gasteiger partial charge in [0.15, 0.2) is 5.15 Å². The van der Waals surface area contributed by atoms with Crippen LogP contribution >= 0.6 is 35.0 Å². The molecule has 8 heteroatoms. The van der Waals surface area contributed by atoms with E-state index in [4.69, 9.17) is 27.9 Å². The number of aliphatic hydroxyl groups is 1. The van der Waals surface area contributed by atoms with Crippen molar-refractivity contribution in [1.29, 1.82) is 0 Å². The second-order valence-electron chi connectivity index (χ2n) is 6.60. The van der Waals surface area contributed by atoms with Crippen LogP contribution in [0.2, 0.25) is 10.2 Å². The van der Waals surface area contributed by atoms with Gasteiger partial charge in [-0.2, -0.15) is 0 Å². The van der Waals surface area contributed by atoms with Gasteiger partial charge >= 0.3 is 0 Å². The number of nitrogens with one attached hydrogen (secondary N) is 1. The molecule has 0 saturated carbocycles. The number of β-amino-alcohol motifs (C(OH)–C–C–N with tert-alkyl or cyclic N) is 1. The molecule has 1 heterocycles. The first-order valence-electron chi connectivity index (χ1n) is 8.20. The first-order valence-corrected chi connectivity index (χ1v) is 9.94. The van der Waals surface area contributed by atoms with Crippen LogP contribution in [0.1, 0.15) is 19.4 Å². The zero-order valence-electron chi connectivity index (χ0n) is 15.0. The molecule has 1 aromatic carbocycles. The minimum atomic E-state index is -0.647. The number of aromatic nitrogens is 2. The van der Waals surface area contributed by atoms with Gasteiger partial charge in [-0.15, -0.1) is 22.0 Å². The van der Waals surface area contributed by atoms with Crippen molar-refractivity contribution in [3.8, 4) is 5.75 Å². The molecule has 0 saturated heterocycles. The van der Waals surface area contributed by atoms with E-state index in [1.165, 1.54) is 0 Å². The molecule has 0 bridgehead atoms. The lowest BCUT2D eigenvalue weighted by atomic mass is 10.1. The molecule has 0 aliphatic heterocycles. The number of aliphatic hydroxyl groups excluding tert-OH is 1. The largest absolute Gasteiger partial charge is 0.489 e. The Morgan fingerprint density at radius 2 is 2.00 bits per heavy atom. The summed E-state index contributed by atoms with van der Waals surface area (Å²) < 4.78 is 5.63. The topological polar surface area (TPSA) is 67.3 Å². The predicted molar refractivity (Wildman–Crippen MR) is 108 cm³/mol. The molecule has 1 aromatic heterocycles. The van der Waals surface area contributed by atoms with Gasteiger partial charge in [-0.25, -0.2) is 0 Å². The normalized spacial score (nSPS) is 12.8. The first kappa shape index (κ1) is 21.3. The SMILES string of the molecule is Cc1cccc(OCC(O)CNC(C)(C)CSc2ccc(Cl)nn2)c1Cl. The molecule has 0 spiro atoms. The Bertz CT molecular complexity index is 714. The van der Waals surface area contributed by atoms with Crippen LogP contribution in [0.5, 0.6) is 5.75 Å². The van der Waals surface area contributed by atoms with Gasteiger partial charge in [0.05, 0.1) is 5.02 Å². The number of rotatable bonds is 9. The third-order valence-electron chi connectivity index (χ3n) is 3.59. The quantitative estimate of drug-likeness (QED) is 0.603. The Morgan fingerprint density at radius 1 is 1.23 bits per heavy atom. The number of hydrogen-bond donors (Lipinski definition) is 2. The summed E-state index contributed by atoms with van der Waals surface area (Å²) in [6, 6.07) is 9.14. The van der Waals surface area contributed by atoms with Gasteiger partial charge in [0, 0.05) is 17.8 Å². The van der Waals surface area contributed by atoms with E-state index >= 15 is 0 Å². The summed E-state index contributed by atoms with van der Waals surface area (Å²) in [6.07, 6.45) is -0.647. The highest BCUT2D eigenvalue weighted by Gasteiger charge is 2.20. The van der Waals surface area contributed by atoms with Gasteiger partial charge in [0.1, 0.15) is 23.5 Å². The second kappa shape index (κ2) is 9.76. The molecule has 0 radical (unpaired) electrons. The van der Waals surface area contributed by atoms with E-state index in [2.05, 4.69) is 29.4 Å². The summed E-state index contributed by atoms with van der Waals surface area (Å²) >= 11 is 13.5. The Labute approximate surface area is 168 Å². The fraction of sp³-hybridized carbons (Fsp3) is 0.444. The molecule has 2 N–H and O–H groups in total. The average molecular weight is 416 g/mol. The number of nitrogens with zero attached hydrogens (tertiary/aromatic N) is 2. The Kier molecular flexibility index (Phi) is 7.98. The maximum atomic E-state index is 10.2. The van der Waals surface area contributed by atoms with Crippen LogP contribution in [0.3, 0.4) is 0 Å². The number of halogens is 2. The highest BCUT2D eigenvalue weighted by molar-refractivity contribution is 7.99. The molecule has 0 aliphatic rings. The van der Waals surface area contributed by atoms with Gasteiger partial charge in [-0.05, 0) is 44.5 Å². The smallest absolute Gasteiger partial charge is 0.151 e.